The van der Waals surface area contributed by atoms with Crippen molar-refractivity contribution >= 4 is 35.4 Å². The number of nitrogens with zero attached hydrogens (tertiary/aromatic N) is 1. The maximum atomic E-state index is 12.2. The van der Waals surface area contributed by atoms with Crippen LogP contribution in [0.2, 0.25) is 5.02 Å². The van der Waals surface area contributed by atoms with Gasteiger partial charge in [0.05, 0.1) is 12.5 Å². The summed E-state index contributed by atoms with van der Waals surface area (Å²) in [7, 11) is 0. The summed E-state index contributed by atoms with van der Waals surface area (Å²) in [6.45, 7) is 5.04. The van der Waals surface area contributed by atoms with Crippen LogP contribution >= 0.6 is 11.6 Å². The minimum Gasteiger partial charge on any atom is -0.443 e. The number of carbonyl (C=O) groups excluding carboxylic acids is 4. The van der Waals surface area contributed by atoms with Crippen LogP contribution in [0.5, 0.6) is 0 Å². The van der Waals surface area contributed by atoms with Gasteiger partial charge in [0, 0.05) is 17.0 Å². The van der Waals surface area contributed by atoms with Gasteiger partial charge in [-0.3, -0.25) is 30.2 Å². The number of halogens is 1. The van der Waals surface area contributed by atoms with Crippen LogP contribution in [0.1, 0.15) is 37.6 Å². The lowest BCUT2D eigenvalue weighted by molar-refractivity contribution is -0.130. The Balaban J connectivity index is 1.84. The molecule has 9 nitrogen and oxygen atoms in total. The minimum atomic E-state index is -0.786. The van der Waals surface area contributed by atoms with Gasteiger partial charge in [0.2, 0.25) is 11.8 Å². The number of ether oxygens (including phenoxy) is 1. The molecule has 1 aliphatic rings. The van der Waals surface area contributed by atoms with Crippen LogP contribution in [-0.2, 0) is 14.3 Å². The smallest absolute Gasteiger partial charge is 0.426 e. The normalized spacial score (nSPS) is 16.7. The van der Waals surface area contributed by atoms with Gasteiger partial charge in [0.25, 0.3) is 5.91 Å². The summed E-state index contributed by atoms with van der Waals surface area (Å²) in [5, 5.41) is 1.41. The monoisotopic (exact) mass is 396 g/mol. The summed E-state index contributed by atoms with van der Waals surface area (Å²) in [4.78, 5) is 47.9. The van der Waals surface area contributed by atoms with E-state index in [-0.39, 0.29) is 18.5 Å². The highest BCUT2D eigenvalue weighted by molar-refractivity contribution is 6.30. The topological polar surface area (TPSA) is 117 Å². The molecule has 4 amide bonds. The molecule has 2 rings (SSSR count). The van der Waals surface area contributed by atoms with E-state index in [1.54, 1.807) is 39.0 Å². The van der Waals surface area contributed by atoms with E-state index in [2.05, 4.69) is 16.3 Å². The number of hydrogen-bond acceptors (Lipinski definition) is 5. The van der Waals surface area contributed by atoms with Crippen molar-refractivity contribution in [1.29, 1.82) is 0 Å². The van der Waals surface area contributed by atoms with Crippen molar-refractivity contribution in [2.75, 3.05) is 6.54 Å². The summed E-state index contributed by atoms with van der Waals surface area (Å²) >= 11 is 5.81. The predicted octanol–water partition coefficient (Wildman–Crippen LogP) is 1.39. The van der Waals surface area contributed by atoms with Crippen LogP contribution in [0.4, 0.5) is 4.79 Å². The second-order valence-electron chi connectivity index (χ2n) is 6.97. The molecule has 0 aliphatic carbocycles. The number of nitrogens with one attached hydrogen (secondary N) is 3. The molecule has 1 atom stereocenters. The van der Waals surface area contributed by atoms with Crippen LogP contribution in [0.3, 0.4) is 0 Å². The first-order chi connectivity index (χ1) is 12.5. The highest BCUT2D eigenvalue weighted by Crippen LogP contribution is 2.17. The maximum absolute atomic E-state index is 12.2. The SMILES string of the molecule is CC(C)(C)OC(=O)NN1CC(C(=O)NNC(=O)c2cccc(Cl)c2)CC1=O. The standard InChI is InChI=1S/C17H21ClN4O5/c1-17(2,3)27-16(26)21-22-9-11(8-13(22)23)15(25)20-19-14(24)10-5-4-6-12(18)7-10/h4-7,11H,8-9H2,1-3H3,(H,19,24)(H,20,25)(H,21,26). The molecule has 1 aliphatic heterocycles. The summed E-state index contributed by atoms with van der Waals surface area (Å²) < 4.78 is 5.07. The van der Waals surface area contributed by atoms with Crippen LogP contribution in [0.25, 0.3) is 0 Å². The van der Waals surface area contributed by atoms with E-state index < -0.39 is 35.3 Å². The summed E-state index contributed by atoms with van der Waals surface area (Å²) in [5.74, 6) is -2.25. The van der Waals surface area contributed by atoms with Gasteiger partial charge in [0.1, 0.15) is 5.60 Å². The summed E-state index contributed by atoms with van der Waals surface area (Å²) in [6.07, 6.45) is -0.888. The third kappa shape index (κ3) is 6.14. The van der Waals surface area contributed by atoms with Gasteiger partial charge in [-0.1, -0.05) is 17.7 Å². The molecular formula is C17H21ClN4O5. The van der Waals surface area contributed by atoms with Crippen molar-refractivity contribution in [3.05, 3.63) is 34.9 Å². The molecule has 0 saturated carbocycles. The molecule has 1 saturated heterocycles. The third-order valence-corrected chi connectivity index (χ3v) is 3.74. The lowest BCUT2D eigenvalue weighted by atomic mass is 10.1. The maximum Gasteiger partial charge on any atom is 0.426 e. The Morgan fingerprint density at radius 3 is 2.56 bits per heavy atom. The van der Waals surface area contributed by atoms with Crippen molar-refractivity contribution in [2.24, 2.45) is 5.92 Å². The molecular weight excluding hydrogens is 376 g/mol. The Kier molecular flexibility index (Phi) is 6.27. The first kappa shape index (κ1) is 20.5. The van der Waals surface area contributed by atoms with E-state index in [1.807, 2.05) is 0 Å². The zero-order chi connectivity index (χ0) is 20.2. The van der Waals surface area contributed by atoms with Crippen molar-refractivity contribution in [3.63, 3.8) is 0 Å². The average molecular weight is 397 g/mol. The lowest BCUT2D eigenvalue weighted by Crippen LogP contribution is -2.47. The van der Waals surface area contributed by atoms with Crippen molar-refractivity contribution < 1.29 is 23.9 Å². The van der Waals surface area contributed by atoms with Crippen LogP contribution < -0.4 is 16.3 Å². The van der Waals surface area contributed by atoms with E-state index in [0.29, 0.717) is 5.02 Å². The number of carbonyl (C=O) groups is 4. The molecule has 1 aromatic rings. The van der Waals surface area contributed by atoms with Gasteiger partial charge in [-0.15, -0.1) is 0 Å². The molecule has 0 bridgehead atoms. The van der Waals surface area contributed by atoms with E-state index in [0.717, 1.165) is 5.01 Å². The van der Waals surface area contributed by atoms with Gasteiger partial charge < -0.3 is 4.74 Å². The summed E-state index contributed by atoms with van der Waals surface area (Å²) in [5.41, 5.74) is 6.41. The fraction of sp³-hybridized carbons (Fsp3) is 0.412. The van der Waals surface area contributed by atoms with Crippen molar-refractivity contribution in [3.8, 4) is 0 Å². The van der Waals surface area contributed by atoms with E-state index in [4.69, 9.17) is 16.3 Å². The molecule has 1 aromatic carbocycles. The molecule has 27 heavy (non-hydrogen) atoms. The second-order valence-corrected chi connectivity index (χ2v) is 7.41. The molecule has 1 unspecified atom stereocenters. The zero-order valence-corrected chi connectivity index (χ0v) is 15.9. The molecule has 0 aromatic heterocycles. The van der Waals surface area contributed by atoms with Gasteiger partial charge in [-0.2, -0.15) is 0 Å². The zero-order valence-electron chi connectivity index (χ0n) is 15.2. The number of benzene rings is 1. The largest absolute Gasteiger partial charge is 0.443 e. The Morgan fingerprint density at radius 1 is 1.22 bits per heavy atom. The van der Waals surface area contributed by atoms with Gasteiger partial charge >= 0.3 is 6.09 Å². The summed E-state index contributed by atoms with van der Waals surface area (Å²) in [6, 6.07) is 6.22. The molecule has 1 fully saturated rings. The number of hydrazine groups is 2. The highest BCUT2D eigenvalue weighted by atomic mass is 35.5. The first-order valence-corrected chi connectivity index (χ1v) is 8.59. The van der Waals surface area contributed by atoms with Crippen molar-refractivity contribution in [1.82, 2.24) is 21.3 Å². The van der Waals surface area contributed by atoms with E-state index in [1.165, 1.54) is 6.07 Å². The number of hydrogen-bond donors (Lipinski definition) is 3. The molecule has 0 spiro atoms. The lowest BCUT2D eigenvalue weighted by Gasteiger charge is -2.23. The molecule has 146 valence electrons. The van der Waals surface area contributed by atoms with Crippen molar-refractivity contribution in [2.45, 2.75) is 32.8 Å². The molecule has 0 radical (unpaired) electrons. The predicted molar refractivity (Wildman–Crippen MR) is 96.3 cm³/mol. The molecule has 1 heterocycles. The van der Waals surface area contributed by atoms with E-state index >= 15 is 0 Å². The third-order valence-electron chi connectivity index (χ3n) is 3.51. The Labute approximate surface area is 161 Å². The number of rotatable bonds is 3. The Bertz CT molecular complexity index is 762. The fourth-order valence-electron chi connectivity index (χ4n) is 2.32. The van der Waals surface area contributed by atoms with Crippen LogP contribution in [0.15, 0.2) is 24.3 Å². The highest BCUT2D eigenvalue weighted by Gasteiger charge is 2.36. The Morgan fingerprint density at radius 2 is 1.93 bits per heavy atom. The number of amides is 4. The quantitative estimate of drug-likeness (QED) is 0.667. The van der Waals surface area contributed by atoms with Crippen LogP contribution in [-0.4, -0.2) is 41.0 Å². The van der Waals surface area contributed by atoms with Gasteiger partial charge in [-0.05, 0) is 39.0 Å². The van der Waals surface area contributed by atoms with E-state index in [9.17, 15) is 19.2 Å². The van der Waals surface area contributed by atoms with Gasteiger partial charge in [-0.25, -0.2) is 10.2 Å². The minimum absolute atomic E-state index is 0.0308. The first-order valence-electron chi connectivity index (χ1n) is 8.21. The average Bonchev–Trinajstić information content (AvgIpc) is 2.91. The molecule has 3 N–H and O–H groups in total. The second kappa shape index (κ2) is 8.26. The van der Waals surface area contributed by atoms with Crippen LogP contribution in [0, 0.1) is 5.92 Å². The Hall–Kier alpha value is -2.81. The van der Waals surface area contributed by atoms with Gasteiger partial charge in [0.15, 0.2) is 0 Å². The fourth-order valence-corrected chi connectivity index (χ4v) is 2.52. The molecule has 10 heteroatoms.